The van der Waals surface area contributed by atoms with Crippen molar-refractivity contribution in [2.45, 2.75) is 200 Å². The summed E-state index contributed by atoms with van der Waals surface area (Å²) in [5.41, 5.74) is 8.38. The minimum absolute atomic E-state index is 0.0340. The van der Waals surface area contributed by atoms with Gasteiger partial charge in [-0.25, -0.2) is 14.4 Å². The minimum atomic E-state index is -1.14. The molecule has 0 saturated carbocycles. The van der Waals surface area contributed by atoms with Gasteiger partial charge >= 0.3 is 18.1 Å². The van der Waals surface area contributed by atoms with Gasteiger partial charge in [0.15, 0.2) is 5.78 Å². The standard InChI is InChI=1S/C75H106N10O17/c1-13-46(6)68(60(99-11)41-64(91)84-37-21-27-57(84)70(100-12)48(8)58(86)38-47(7)69(93)50-22-15-14-16-23-50)82(9)73(96)66(44(2)3)81-72(95)67(45(4)5)83(10)75(98)101-43-49-30-32-53(33-31-49)79-71(94)51(24-20-36-77-74(76)97)40-59(87)56(39-52-42-78-55-26-18-17-25-54(52)55)80-61(88)28-19-29-65(92)102-85-62(89)34-35-63(85)90/h14-18,22-23,25-26,30-33,42,44-48,51,56-57,60,66-70,78,93H,13,19-21,24,27-29,34-41,43H2,1-12H3,(H,79,94)(H,80,88)(H,81,95)(H3,76,77,97)/t46-,47-,48-,51+,56-,57-,60+,66-,67-,68-,69+,70+/m0/s1. The van der Waals surface area contributed by atoms with Crippen LogP contribution in [-0.4, -0.2) is 185 Å². The van der Waals surface area contributed by atoms with Gasteiger partial charge in [0.25, 0.3) is 11.8 Å². The number of likely N-dealkylation sites (tertiary alicyclic amines) is 1. The molecule has 0 aliphatic carbocycles. The van der Waals surface area contributed by atoms with E-state index < -0.39 is 132 Å². The van der Waals surface area contributed by atoms with E-state index >= 15 is 0 Å². The molecule has 12 atom stereocenters. The predicted octanol–water partition coefficient (Wildman–Crippen LogP) is 7.62. The smallest absolute Gasteiger partial charge is 0.410 e. The number of nitrogens with one attached hydrogen (secondary N) is 5. The lowest BCUT2D eigenvalue weighted by atomic mass is 9.85. The number of ketones is 2. The number of aliphatic hydroxyl groups is 1. The van der Waals surface area contributed by atoms with Crippen LogP contribution >= 0.6 is 0 Å². The SMILES string of the molecule is CC[C@H](C)[C@@H]([C@@H](CC(=O)N1CCC[C@H]1[C@H](OC)[C@@H](C)C(=O)C[C@H](C)[C@@H](O)c1ccccc1)OC)N(C)C(=O)[C@@H](NC(=O)[C@H](C(C)C)N(C)C(=O)OCc1ccc(NC(=O)[C@H](CCCNC(N)=O)CC(=O)[C@H](Cc2c[nH]c3ccccc23)NC(=O)CCCC(=O)ON2C(=O)CCC2=O)cc1)C(C)C. The van der Waals surface area contributed by atoms with Crippen LogP contribution in [0.5, 0.6) is 0 Å². The maximum atomic E-state index is 14.9. The Morgan fingerprint density at radius 1 is 0.745 bits per heavy atom. The van der Waals surface area contributed by atoms with Gasteiger partial charge in [-0.15, -0.1) is 5.06 Å². The summed E-state index contributed by atoms with van der Waals surface area (Å²) in [7, 11) is 6.11. The number of hydrogen-bond donors (Lipinski definition) is 7. The minimum Gasteiger partial charge on any atom is -0.445 e. The molecule has 0 spiro atoms. The van der Waals surface area contributed by atoms with Gasteiger partial charge in [-0.1, -0.05) is 122 Å². The number of aliphatic hydroxyl groups excluding tert-OH is 1. The summed E-state index contributed by atoms with van der Waals surface area (Å²) in [5, 5.41) is 23.4. The van der Waals surface area contributed by atoms with Crippen molar-refractivity contribution < 1.29 is 81.7 Å². The fraction of sp³-hybridized carbons (Fsp3) is 0.573. The van der Waals surface area contributed by atoms with Crippen LogP contribution in [0.2, 0.25) is 0 Å². The Bertz CT molecular complexity index is 3510. The molecule has 2 aliphatic heterocycles. The van der Waals surface area contributed by atoms with Gasteiger partial charge < -0.3 is 65.9 Å². The van der Waals surface area contributed by atoms with E-state index in [1.54, 1.807) is 81.9 Å². The highest BCUT2D eigenvalue weighted by molar-refractivity contribution is 6.02. The number of likely N-dealkylation sites (N-methyl/N-ethyl adjacent to an activating group) is 2. The summed E-state index contributed by atoms with van der Waals surface area (Å²) in [5.74, 6) is -8.10. The zero-order chi connectivity index (χ0) is 75.1. The number of primary amides is 1. The van der Waals surface area contributed by atoms with Gasteiger partial charge in [-0.2, -0.15) is 0 Å². The van der Waals surface area contributed by atoms with Crippen molar-refractivity contribution in [2.75, 3.05) is 46.7 Å². The molecule has 3 aromatic carbocycles. The largest absolute Gasteiger partial charge is 0.445 e. The molecule has 27 nitrogen and oxygen atoms in total. The molecular weight excluding hydrogens is 1310 g/mol. The van der Waals surface area contributed by atoms with E-state index in [0.717, 1.165) is 16.5 Å². The number of rotatable bonds is 40. The number of fused-ring (bicyclic) bond motifs is 1. The molecule has 1 aromatic heterocycles. The van der Waals surface area contributed by atoms with Crippen LogP contribution < -0.4 is 27.0 Å². The van der Waals surface area contributed by atoms with Crippen LogP contribution in [0.4, 0.5) is 15.3 Å². The number of aromatic nitrogens is 1. The number of hydrogen-bond acceptors (Lipinski definition) is 17. The van der Waals surface area contributed by atoms with Crippen molar-refractivity contribution in [3.8, 4) is 0 Å². The monoisotopic (exact) mass is 1420 g/mol. The lowest BCUT2D eigenvalue weighted by Gasteiger charge is -2.41. The molecule has 3 heterocycles. The molecule has 0 unspecified atom stereocenters. The van der Waals surface area contributed by atoms with E-state index in [9.17, 15) is 62.6 Å². The number of urea groups is 1. The summed E-state index contributed by atoms with van der Waals surface area (Å²) in [6.07, 6.45) is -0.0398. The highest BCUT2D eigenvalue weighted by Gasteiger charge is 2.44. The number of carbonyl (C=O) groups is 12. The molecule has 10 amide bonds. The van der Waals surface area contributed by atoms with Crippen molar-refractivity contribution in [3.05, 3.63) is 102 Å². The third-order valence-corrected chi connectivity index (χ3v) is 19.6. The number of hydroxylamine groups is 2. The van der Waals surface area contributed by atoms with E-state index in [2.05, 4.69) is 26.3 Å². The molecule has 0 radical (unpaired) electrons. The molecule has 0 bridgehead atoms. The first kappa shape index (κ1) is 81.9. The zero-order valence-electron chi connectivity index (χ0n) is 61.0. The number of anilines is 1. The molecule has 558 valence electrons. The molecule has 102 heavy (non-hydrogen) atoms. The predicted molar refractivity (Wildman–Crippen MR) is 380 cm³/mol. The van der Waals surface area contributed by atoms with Crippen LogP contribution in [0.1, 0.15) is 162 Å². The fourth-order valence-corrected chi connectivity index (χ4v) is 13.6. The average Bonchev–Trinajstić information content (AvgIpc) is 1.18. The van der Waals surface area contributed by atoms with E-state index in [0.29, 0.717) is 47.7 Å². The van der Waals surface area contributed by atoms with Gasteiger partial charge in [0, 0.05) is 121 Å². The average molecular weight is 1420 g/mol. The van der Waals surface area contributed by atoms with E-state index in [4.69, 9.17) is 24.8 Å². The molecule has 2 fully saturated rings. The highest BCUT2D eigenvalue weighted by Crippen LogP contribution is 2.33. The van der Waals surface area contributed by atoms with E-state index in [1.807, 2.05) is 75.4 Å². The maximum Gasteiger partial charge on any atom is 0.410 e. The molecule has 2 saturated heterocycles. The number of Topliss-reactive ketones (excluding diaryl/α,β-unsaturated/α-hetero) is 2. The summed E-state index contributed by atoms with van der Waals surface area (Å²) < 4.78 is 17.9. The molecule has 4 aromatic rings. The summed E-state index contributed by atoms with van der Waals surface area (Å²) in [6, 6.07) is 17.9. The Hall–Kier alpha value is -9.08. The highest BCUT2D eigenvalue weighted by atomic mass is 16.7. The second kappa shape index (κ2) is 39.4. The number of imide groups is 1. The number of methoxy groups -OCH3 is 2. The van der Waals surface area contributed by atoms with Gasteiger partial charge in [-0.3, -0.25) is 48.1 Å². The Morgan fingerprint density at radius 2 is 1.41 bits per heavy atom. The van der Waals surface area contributed by atoms with Crippen molar-refractivity contribution in [2.24, 2.45) is 41.2 Å². The second-order valence-electron chi connectivity index (χ2n) is 27.7. The first-order valence-corrected chi connectivity index (χ1v) is 35.4. The van der Waals surface area contributed by atoms with Crippen LogP contribution in [0, 0.1) is 35.5 Å². The Kier molecular flexibility index (Phi) is 31.6. The van der Waals surface area contributed by atoms with Gasteiger partial charge in [0.2, 0.25) is 29.5 Å². The number of H-pyrrole nitrogens is 1. The summed E-state index contributed by atoms with van der Waals surface area (Å²) >= 11 is 0. The third kappa shape index (κ3) is 22.7. The van der Waals surface area contributed by atoms with Crippen molar-refractivity contribution in [1.29, 1.82) is 0 Å². The van der Waals surface area contributed by atoms with E-state index in [-0.39, 0.29) is 107 Å². The molecular formula is C75H106N10O17. The maximum absolute atomic E-state index is 14.9. The molecule has 2 aliphatic rings. The number of nitrogens with zero attached hydrogens (tertiary/aromatic N) is 4. The van der Waals surface area contributed by atoms with Crippen LogP contribution in [0.3, 0.4) is 0 Å². The van der Waals surface area contributed by atoms with Crippen molar-refractivity contribution in [1.82, 2.24) is 40.7 Å². The topological polar surface area (TPSA) is 365 Å². The quantitative estimate of drug-likeness (QED) is 0.0166. The van der Waals surface area contributed by atoms with Gasteiger partial charge in [-0.05, 0) is 90.7 Å². The van der Waals surface area contributed by atoms with Crippen molar-refractivity contribution in [3.63, 3.8) is 0 Å². The number of aromatic amines is 1. The summed E-state index contributed by atoms with van der Waals surface area (Å²) in [4.78, 5) is 174. The lowest BCUT2D eigenvalue weighted by Crippen LogP contribution is -2.60. The van der Waals surface area contributed by atoms with E-state index in [1.165, 1.54) is 26.2 Å². The molecule has 6 rings (SSSR count). The Balaban J connectivity index is 1.07. The molecule has 27 heteroatoms. The van der Waals surface area contributed by atoms with Gasteiger partial charge in [0.05, 0.1) is 42.9 Å². The number of nitrogens with two attached hydrogens (primary N) is 1. The fourth-order valence-electron chi connectivity index (χ4n) is 13.6. The van der Waals surface area contributed by atoms with Gasteiger partial charge in [0.1, 0.15) is 24.5 Å². The number of ether oxygens (including phenoxy) is 3. The Morgan fingerprint density at radius 3 is 2.04 bits per heavy atom. The Labute approximate surface area is 597 Å². The third-order valence-electron chi connectivity index (χ3n) is 19.6. The number of amides is 10. The van der Waals surface area contributed by atoms with Crippen LogP contribution in [-0.2, 0) is 80.0 Å². The van der Waals surface area contributed by atoms with Crippen molar-refractivity contribution >= 4 is 87.6 Å². The second-order valence-corrected chi connectivity index (χ2v) is 27.7. The lowest BCUT2D eigenvalue weighted by molar-refractivity contribution is -0.197. The van der Waals surface area contributed by atoms with Crippen LogP contribution in [0.15, 0.2) is 85.1 Å². The number of carbonyl (C=O) groups excluding carboxylic acids is 12. The zero-order valence-corrected chi connectivity index (χ0v) is 61.0. The van der Waals surface area contributed by atoms with Crippen LogP contribution in [0.25, 0.3) is 10.9 Å². The number of para-hydroxylation sites is 1. The normalized spacial score (nSPS) is 17.1. The molecule has 8 N–H and O–H groups in total. The first-order chi connectivity index (χ1) is 48.5. The first-order valence-electron chi connectivity index (χ1n) is 35.4. The summed E-state index contributed by atoms with van der Waals surface area (Å²) in [6.45, 7) is 15.0. The number of benzene rings is 3.